The van der Waals surface area contributed by atoms with E-state index in [4.69, 9.17) is 45.8 Å². The number of nitrogens with zero attached hydrogens (tertiary/aromatic N) is 4. The molecule has 3 N–H and O–H groups in total. The van der Waals surface area contributed by atoms with Gasteiger partial charge in [0.2, 0.25) is 0 Å². The number of aliphatic hydroxyl groups is 3. The van der Waals surface area contributed by atoms with Crippen LogP contribution in [-0.2, 0) is 125 Å². The average molecular weight is 1020 g/mol. The predicted molar refractivity (Wildman–Crippen MR) is 176 cm³/mol. The molecule has 0 radical (unpaired) electrons. The molecule has 15 nitrogen and oxygen atoms in total. The van der Waals surface area contributed by atoms with Gasteiger partial charge in [0.1, 0.15) is 0 Å². The van der Waals surface area contributed by atoms with Crippen molar-refractivity contribution in [1.29, 1.82) is 0 Å². The van der Waals surface area contributed by atoms with Gasteiger partial charge < -0.3 is 34.9 Å². The maximum atomic E-state index is 8.93. The zero-order valence-electron chi connectivity index (χ0n) is 32.9. The Morgan fingerprint density at radius 2 is 0.642 bits per heavy atom. The van der Waals surface area contributed by atoms with Crippen LogP contribution in [0.1, 0.15) is 63.2 Å². The molecule has 0 aromatic carbocycles. The fourth-order valence-electron chi connectivity index (χ4n) is 6.49. The first kappa shape index (κ1) is 66.1. The third-order valence-electron chi connectivity index (χ3n) is 10.1. The van der Waals surface area contributed by atoms with Gasteiger partial charge in [0.15, 0.2) is 0 Å². The van der Waals surface area contributed by atoms with Gasteiger partial charge >= 0.3 is 90.3 Å². The molecule has 21 heteroatoms. The van der Waals surface area contributed by atoms with Gasteiger partial charge in [-0.3, -0.25) is 0 Å². The summed E-state index contributed by atoms with van der Waals surface area (Å²) in [4.78, 5) is 9.41. The fraction of sp³-hybridized carbons (Fsp3) is 1.00. The topological polar surface area (TPSA) is 210 Å². The normalized spacial score (nSPS) is 28.3. The Morgan fingerprint density at radius 3 is 0.792 bits per heavy atom. The van der Waals surface area contributed by atoms with Gasteiger partial charge in [0, 0.05) is 83.6 Å². The van der Waals surface area contributed by atoms with E-state index in [2.05, 4.69) is 114 Å². The van der Waals surface area contributed by atoms with Gasteiger partial charge in [-0.2, -0.15) is 0 Å². The zero-order valence-corrected chi connectivity index (χ0v) is 39.8. The Labute approximate surface area is 368 Å². The molecule has 53 heavy (non-hydrogen) atoms. The van der Waals surface area contributed by atoms with Crippen molar-refractivity contribution in [2.75, 3.05) is 100 Å². The average Bonchev–Trinajstić information content (AvgIpc) is 3.05. The summed E-state index contributed by atoms with van der Waals surface area (Å²) in [5, 5.41) is 26.8. The van der Waals surface area contributed by atoms with E-state index in [9.17, 15) is 0 Å². The molecular formula is C32H72Cr4Cu2N4O11. The number of likely N-dealkylation sites (tertiary alicyclic amines) is 4. The third kappa shape index (κ3) is 39.9. The summed E-state index contributed by atoms with van der Waals surface area (Å²) < 4.78 is 66.9. The van der Waals surface area contributed by atoms with Crippen molar-refractivity contribution in [2.24, 2.45) is 47.3 Å². The van der Waals surface area contributed by atoms with Crippen molar-refractivity contribution in [3.8, 4) is 0 Å². The number of piperidine rings is 4. The van der Waals surface area contributed by atoms with Crippen LogP contribution in [-0.4, -0.2) is 135 Å². The number of hydrogen-bond donors (Lipinski definition) is 3. The fourth-order valence-corrected chi connectivity index (χ4v) is 6.49. The minimum absolute atomic E-state index is 0. The Hall–Kier alpha value is 1.29. The van der Waals surface area contributed by atoms with Crippen LogP contribution < -0.4 is 0 Å². The molecule has 0 aliphatic carbocycles. The SMILES string of the molecule is C[C@@H]1CN(C)CC[C@@H]1C.C[C@@H]1CN(C)CC[C@@H]1CO.C[C@@H]1CN(C)CC[C@@H]1CO.C[C@@H]1CN(C)CC[C@@H]1CO.[Cr].[Cr].[HH].[HH].[O]=[Cr](=[O])=[O].[O]=[Cr](=[O])=[O].[O]=[Cu].[O]=[Cu]. The van der Waals surface area contributed by atoms with Gasteiger partial charge in [0.25, 0.3) is 0 Å². The molecule has 0 aromatic rings. The summed E-state index contributed by atoms with van der Waals surface area (Å²) >= 11 is -1.71. The van der Waals surface area contributed by atoms with E-state index in [1.807, 2.05) is 0 Å². The molecule has 4 aliphatic heterocycles. The molecule has 0 spiro atoms. The van der Waals surface area contributed by atoms with Gasteiger partial charge in [-0.25, -0.2) is 0 Å². The molecule has 332 valence electrons. The quantitative estimate of drug-likeness (QED) is 0.348. The van der Waals surface area contributed by atoms with Crippen molar-refractivity contribution < 1.29 is 143 Å². The van der Waals surface area contributed by atoms with Gasteiger partial charge in [-0.1, -0.05) is 34.6 Å². The Balaban J connectivity index is -0.0000000797. The van der Waals surface area contributed by atoms with Gasteiger partial charge in [-0.05, 0) is 127 Å². The van der Waals surface area contributed by atoms with Crippen molar-refractivity contribution in [2.45, 2.75) is 60.3 Å². The van der Waals surface area contributed by atoms with E-state index in [1.54, 1.807) is 0 Å². The van der Waals surface area contributed by atoms with Crippen molar-refractivity contribution >= 4 is 0 Å². The zero-order chi connectivity index (χ0) is 40.7. The molecule has 4 saturated heterocycles. The van der Waals surface area contributed by atoms with E-state index in [0.29, 0.717) is 55.3 Å². The van der Waals surface area contributed by atoms with Crippen molar-refractivity contribution in [1.82, 2.24) is 19.6 Å². The maximum absolute atomic E-state index is 8.93. The summed E-state index contributed by atoms with van der Waals surface area (Å²) in [5.41, 5.74) is 0. The van der Waals surface area contributed by atoms with Crippen LogP contribution in [0.4, 0.5) is 0 Å². The number of aliphatic hydroxyl groups excluding tert-OH is 3. The Morgan fingerprint density at radius 1 is 0.453 bits per heavy atom. The third-order valence-corrected chi connectivity index (χ3v) is 10.1. The van der Waals surface area contributed by atoms with E-state index < -0.39 is 27.9 Å². The van der Waals surface area contributed by atoms with E-state index in [1.165, 1.54) is 19.5 Å². The van der Waals surface area contributed by atoms with Crippen LogP contribution in [0.5, 0.6) is 0 Å². The second-order valence-corrected chi connectivity index (χ2v) is 15.6. The van der Waals surface area contributed by atoms with Crippen LogP contribution in [0.15, 0.2) is 0 Å². The number of rotatable bonds is 3. The first-order chi connectivity index (χ1) is 23.9. The standard InChI is InChI=1S/3C8H17NO.C8H17N.4Cr.2Cu.8O.2H2/c3*1-7-5-9(2)4-3-8(7)6-10;1-7-4-5-9(3)6-8(7)2;;;;;;;;;;;;;;;;/h3*7-8,10H,3-6H2,1-2H3;7-8H,4-6H2,1-3H3;;;;;;;;;;;;;;;2*1H/t3*7-,8-;7-,8+;;;;;;;;;;;;;;;;/m1110................/s1. The van der Waals surface area contributed by atoms with Crippen molar-refractivity contribution in [3.05, 3.63) is 0 Å². The minimum atomic E-state index is -3.79. The second-order valence-electron chi connectivity index (χ2n) is 14.3. The molecule has 4 aliphatic rings. The van der Waals surface area contributed by atoms with Crippen LogP contribution in [0.25, 0.3) is 0 Å². The summed E-state index contributed by atoms with van der Waals surface area (Å²) in [6, 6.07) is 0. The molecule has 4 rings (SSSR count). The van der Waals surface area contributed by atoms with Crippen LogP contribution in [0, 0.1) is 47.3 Å². The Bertz CT molecular complexity index is 969. The van der Waals surface area contributed by atoms with E-state index >= 15 is 0 Å². The molecule has 0 aromatic heterocycles. The molecule has 8 atom stereocenters. The van der Waals surface area contributed by atoms with Crippen LogP contribution in [0.2, 0.25) is 0 Å². The van der Waals surface area contributed by atoms with E-state index in [0.717, 1.165) is 70.4 Å². The first-order valence-corrected chi connectivity index (χ1v) is 21.1. The molecule has 0 amide bonds. The van der Waals surface area contributed by atoms with Crippen LogP contribution >= 0.6 is 0 Å². The summed E-state index contributed by atoms with van der Waals surface area (Å²) in [7, 11) is 8.64. The first-order valence-electron chi connectivity index (χ1n) is 17.2. The predicted octanol–water partition coefficient (Wildman–Crippen LogP) is 2.82. The molecule has 4 fully saturated rings. The van der Waals surface area contributed by atoms with Crippen molar-refractivity contribution in [3.63, 3.8) is 0 Å². The molecule has 4 heterocycles. The number of hydrogen-bond acceptors (Lipinski definition) is 15. The summed E-state index contributed by atoms with van der Waals surface area (Å²) in [6.45, 7) is 21.9. The van der Waals surface area contributed by atoms with Gasteiger partial charge in [0.05, 0.1) is 0 Å². The van der Waals surface area contributed by atoms with Crippen LogP contribution in [0.3, 0.4) is 0 Å². The van der Waals surface area contributed by atoms with Gasteiger partial charge in [-0.15, -0.1) is 0 Å². The monoisotopic (exact) mass is 1020 g/mol. The molecular weight excluding hydrogens is 951 g/mol. The second kappa shape index (κ2) is 42.9. The molecule has 0 saturated carbocycles. The summed E-state index contributed by atoms with van der Waals surface area (Å²) in [6.07, 6.45) is 4.87. The van der Waals surface area contributed by atoms with E-state index in [-0.39, 0.29) is 37.6 Å². The Kier molecular flexibility index (Phi) is 53.5. The summed E-state index contributed by atoms with van der Waals surface area (Å²) in [5.74, 6) is 5.52. The molecule has 0 bridgehead atoms. The molecule has 0 unspecified atom stereocenters.